The highest BCUT2D eigenvalue weighted by molar-refractivity contribution is 7.90. The van der Waals surface area contributed by atoms with Gasteiger partial charge >= 0.3 is 0 Å². The Balaban J connectivity index is 2.67. The molecule has 0 fully saturated rings. The smallest absolute Gasteiger partial charge is 0.206 e. The molecular formula is C10H8ClNO2S. The number of halogens is 1. The second kappa shape index (κ2) is 3.81. The fourth-order valence-corrected chi connectivity index (χ4v) is 2.26. The maximum Gasteiger partial charge on any atom is 0.253 e. The van der Waals surface area contributed by atoms with Gasteiger partial charge in [0.25, 0.3) is 10.0 Å². The second-order valence-corrected chi connectivity index (χ2v) is 5.19. The van der Waals surface area contributed by atoms with E-state index in [9.17, 15) is 8.42 Å². The summed E-state index contributed by atoms with van der Waals surface area (Å²) < 4.78 is 24.6. The highest BCUT2D eigenvalue weighted by Crippen LogP contribution is 2.18. The normalized spacial score (nSPS) is 11.8. The topological polar surface area (TPSA) is 46.2 Å². The Hall–Kier alpha value is -1.10. The van der Waals surface area contributed by atoms with Crippen molar-refractivity contribution < 1.29 is 8.42 Å². The molecule has 2 aromatic rings. The molecular weight excluding hydrogens is 234 g/mol. The van der Waals surface area contributed by atoms with Gasteiger partial charge in [-0.15, -0.1) is 4.24 Å². The van der Waals surface area contributed by atoms with Gasteiger partial charge in [-0.25, -0.2) is 8.42 Å². The van der Waals surface area contributed by atoms with Crippen LogP contribution in [0.15, 0.2) is 47.4 Å². The summed E-state index contributed by atoms with van der Waals surface area (Å²) in [5, 5.41) is 1.86. The van der Waals surface area contributed by atoms with Crippen molar-refractivity contribution in [3.8, 4) is 0 Å². The van der Waals surface area contributed by atoms with Gasteiger partial charge in [0.05, 0.1) is 4.90 Å². The Labute approximate surface area is 92.8 Å². The first-order valence-electron chi connectivity index (χ1n) is 4.25. The Morgan fingerprint density at radius 1 is 1.00 bits per heavy atom. The molecule has 0 unspecified atom stereocenters. The van der Waals surface area contributed by atoms with E-state index in [1.807, 2.05) is 24.3 Å². The van der Waals surface area contributed by atoms with Gasteiger partial charge in [-0.1, -0.05) is 30.3 Å². The third kappa shape index (κ3) is 1.97. The van der Waals surface area contributed by atoms with Crippen LogP contribution in [0, 0.1) is 0 Å². The fraction of sp³-hybridized carbons (Fsp3) is 0. The Bertz CT molecular complexity index is 595. The molecule has 0 aliphatic carbocycles. The first kappa shape index (κ1) is 10.4. The lowest BCUT2D eigenvalue weighted by Crippen LogP contribution is -2.13. The van der Waals surface area contributed by atoms with Crippen LogP contribution in [0.2, 0.25) is 0 Å². The summed E-state index contributed by atoms with van der Waals surface area (Å²) >= 11 is 5.14. The molecule has 0 saturated carbocycles. The van der Waals surface area contributed by atoms with Crippen molar-refractivity contribution in [3.63, 3.8) is 0 Å². The minimum absolute atomic E-state index is 0.163. The molecule has 15 heavy (non-hydrogen) atoms. The summed E-state index contributed by atoms with van der Waals surface area (Å²) in [6.07, 6.45) is 0. The largest absolute Gasteiger partial charge is 0.253 e. The number of rotatable bonds is 2. The highest BCUT2D eigenvalue weighted by Gasteiger charge is 2.12. The molecule has 78 valence electrons. The third-order valence-corrected chi connectivity index (χ3v) is 3.82. The predicted octanol–water partition coefficient (Wildman–Crippen LogP) is 2.27. The molecule has 5 heteroatoms. The van der Waals surface area contributed by atoms with E-state index in [1.165, 1.54) is 6.07 Å². The summed E-state index contributed by atoms with van der Waals surface area (Å²) in [7, 11) is -3.57. The molecule has 0 radical (unpaired) electrons. The Kier molecular flexibility index (Phi) is 2.65. The van der Waals surface area contributed by atoms with Gasteiger partial charge in [0, 0.05) is 0 Å². The van der Waals surface area contributed by atoms with Crippen LogP contribution in [0.1, 0.15) is 0 Å². The lowest BCUT2D eigenvalue weighted by Gasteiger charge is -2.02. The van der Waals surface area contributed by atoms with Crippen LogP contribution in [0.5, 0.6) is 0 Å². The van der Waals surface area contributed by atoms with Crippen molar-refractivity contribution in [2.45, 2.75) is 4.90 Å². The fourth-order valence-electron chi connectivity index (χ4n) is 1.38. The van der Waals surface area contributed by atoms with E-state index in [4.69, 9.17) is 11.8 Å². The monoisotopic (exact) mass is 241 g/mol. The molecule has 0 saturated heterocycles. The highest BCUT2D eigenvalue weighted by atomic mass is 35.5. The van der Waals surface area contributed by atoms with Gasteiger partial charge in [-0.05, 0) is 34.7 Å². The van der Waals surface area contributed by atoms with Crippen LogP contribution in [0.4, 0.5) is 0 Å². The molecule has 0 bridgehead atoms. The zero-order chi connectivity index (χ0) is 10.9. The van der Waals surface area contributed by atoms with Crippen molar-refractivity contribution in [2.75, 3.05) is 0 Å². The number of sulfonamides is 1. The Morgan fingerprint density at radius 3 is 2.33 bits per heavy atom. The van der Waals surface area contributed by atoms with Crippen molar-refractivity contribution in [2.24, 2.45) is 0 Å². The van der Waals surface area contributed by atoms with Gasteiger partial charge in [0.1, 0.15) is 0 Å². The molecule has 0 aliphatic heterocycles. The average molecular weight is 242 g/mol. The van der Waals surface area contributed by atoms with Crippen molar-refractivity contribution in [1.29, 1.82) is 0 Å². The standard InChI is InChI=1S/C10H8ClNO2S/c11-12-15(13,14)10-6-5-8-3-1-2-4-9(8)7-10/h1-7,12H. The summed E-state index contributed by atoms with van der Waals surface area (Å²) in [6, 6.07) is 12.4. The maximum absolute atomic E-state index is 11.4. The lowest BCUT2D eigenvalue weighted by atomic mass is 10.1. The van der Waals surface area contributed by atoms with Crippen LogP contribution in [0.25, 0.3) is 10.8 Å². The average Bonchev–Trinajstić information content (AvgIpc) is 2.28. The molecule has 2 rings (SSSR count). The van der Waals surface area contributed by atoms with Crippen LogP contribution in [-0.2, 0) is 10.0 Å². The molecule has 0 atom stereocenters. The number of hydrogen-bond donors (Lipinski definition) is 1. The third-order valence-electron chi connectivity index (χ3n) is 2.13. The van der Waals surface area contributed by atoms with Gasteiger partial charge in [0.15, 0.2) is 0 Å². The minimum Gasteiger partial charge on any atom is -0.206 e. The van der Waals surface area contributed by atoms with E-state index in [0.29, 0.717) is 0 Å². The molecule has 1 N–H and O–H groups in total. The van der Waals surface area contributed by atoms with Crippen LogP contribution in [0.3, 0.4) is 0 Å². The first-order valence-corrected chi connectivity index (χ1v) is 6.11. The molecule has 2 aromatic carbocycles. The zero-order valence-electron chi connectivity index (χ0n) is 7.64. The van der Waals surface area contributed by atoms with Crippen LogP contribution in [-0.4, -0.2) is 8.42 Å². The van der Waals surface area contributed by atoms with E-state index in [1.54, 1.807) is 16.4 Å². The molecule has 0 aromatic heterocycles. The number of hydrogen-bond acceptors (Lipinski definition) is 2. The van der Waals surface area contributed by atoms with Crippen LogP contribution < -0.4 is 4.24 Å². The van der Waals surface area contributed by atoms with E-state index in [0.717, 1.165) is 10.8 Å². The van der Waals surface area contributed by atoms with E-state index in [2.05, 4.69) is 0 Å². The second-order valence-electron chi connectivity index (χ2n) is 3.09. The Morgan fingerprint density at radius 2 is 1.67 bits per heavy atom. The van der Waals surface area contributed by atoms with Gasteiger partial charge in [0.2, 0.25) is 0 Å². The van der Waals surface area contributed by atoms with Gasteiger partial charge in [-0.3, -0.25) is 0 Å². The quantitative estimate of drug-likeness (QED) is 0.820. The van der Waals surface area contributed by atoms with Gasteiger partial charge in [-0.2, -0.15) is 0 Å². The molecule has 3 nitrogen and oxygen atoms in total. The summed E-state index contributed by atoms with van der Waals surface area (Å²) in [5.41, 5.74) is 0. The predicted molar refractivity (Wildman–Crippen MR) is 60.1 cm³/mol. The molecule has 0 aliphatic rings. The van der Waals surface area contributed by atoms with E-state index in [-0.39, 0.29) is 4.90 Å². The minimum atomic E-state index is -3.57. The van der Waals surface area contributed by atoms with Crippen molar-refractivity contribution >= 4 is 32.6 Å². The first-order chi connectivity index (χ1) is 7.13. The number of nitrogens with one attached hydrogen (secondary N) is 1. The zero-order valence-corrected chi connectivity index (χ0v) is 9.22. The van der Waals surface area contributed by atoms with Crippen LogP contribution >= 0.6 is 11.8 Å². The van der Waals surface area contributed by atoms with Crippen molar-refractivity contribution in [1.82, 2.24) is 4.24 Å². The summed E-state index contributed by atoms with van der Waals surface area (Å²) in [6.45, 7) is 0. The maximum atomic E-state index is 11.4. The van der Waals surface area contributed by atoms with E-state index >= 15 is 0 Å². The lowest BCUT2D eigenvalue weighted by molar-refractivity contribution is 0.594. The molecule has 0 heterocycles. The van der Waals surface area contributed by atoms with Crippen molar-refractivity contribution in [3.05, 3.63) is 42.5 Å². The summed E-state index contributed by atoms with van der Waals surface area (Å²) in [5.74, 6) is 0. The summed E-state index contributed by atoms with van der Waals surface area (Å²) in [4.78, 5) is 0.163. The molecule has 0 amide bonds. The molecule has 0 spiro atoms. The van der Waals surface area contributed by atoms with E-state index < -0.39 is 10.0 Å². The SMILES string of the molecule is O=S(=O)(NCl)c1ccc2ccccc2c1. The number of fused-ring (bicyclic) bond motifs is 1. The number of benzene rings is 2. The van der Waals surface area contributed by atoms with Gasteiger partial charge < -0.3 is 0 Å².